The number of allylic oxidation sites excluding steroid dienone is 3. The lowest BCUT2D eigenvalue weighted by atomic mass is 9.97. The van der Waals surface area contributed by atoms with Gasteiger partial charge in [0.15, 0.2) is 0 Å². The lowest BCUT2D eigenvalue weighted by Gasteiger charge is -2.11. The van der Waals surface area contributed by atoms with Crippen molar-refractivity contribution in [1.82, 2.24) is 0 Å². The van der Waals surface area contributed by atoms with E-state index in [0.29, 0.717) is 25.9 Å². The van der Waals surface area contributed by atoms with Gasteiger partial charge in [-0.25, -0.2) is 0 Å². The van der Waals surface area contributed by atoms with Gasteiger partial charge in [0.2, 0.25) is 0 Å². The molecule has 0 saturated heterocycles. The van der Waals surface area contributed by atoms with Crippen LogP contribution < -0.4 is 0 Å². The molecule has 3 nitrogen and oxygen atoms in total. The zero-order chi connectivity index (χ0) is 12.4. The van der Waals surface area contributed by atoms with Gasteiger partial charge in [0.05, 0.1) is 6.61 Å². The predicted molar refractivity (Wildman–Crippen MR) is 64.0 cm³/mol. The number of carbonyl (C=O) groups excluding carboxylic acids is 2. The zero-order valence-electron chi connectivity index (χ0n) is 10.1. The van der Waals surface area contributed by atoms with E-state index in [4.69, 9.17) is 4.74 Å². The predicted octanol–water partition coefficient (Wildman–Crippen LogP) is 2.67. The fourth-order valence-corrected chi connectivity index (χ4v) is 1.34. The molecule has 0 bridgehead atoms. The Hall–Kier alpha value is -1.38. The van der Waals surface area contributed by atoms with E-state index in [2.05, 4.69) is 6.58 Å². The molecule has 0 heterocycles. The van der Waals surface area contributed by atoms with E-state index in [-0.39, 0.29) is 5.78 Å². The highest BCUT2D eigenvalue weighted by Gasteiger charge is 2.25. The van der Waals surface area contributed by atoms with Crippen LogP contribution in [0.2, 0.25) is 0 Å². The number of hydrogen-bond donors (Lipinski definition) is 0. The van der Waals surface area contributed by atoms with Gasteiger partial charge >= 0.3 is 5.97 Å². The number of carbonyl (C=O) groups is 2. The van der Waals surface area contributed by atoms with E-state index < -0.39 is 11.9 Å². The van der Waals surface area contributed by atoms with Crippen LogP contribution in [-0.2, 0) is 14.3 Å². The van der Waals surface area contributed by atoms with Crippen molar-refractivity contribution in [3.63, 3.8) is 0 Å². The van der Waals surface area contributed by atoms with E-state index in [9.17, 15) is 9.59 Å². The molecule has 0 saturated carbocycles. The summed E-state index contributed by atoms with van der Waals surface area (Å²) in [4.78, 5) is 23.2. The molecular weight excluding hydrogens is 204 g/mol. The molecule has 90 valence electrons. The van der Waals surface area contributed by atoms with Gasteiger partial charge in [-0.05, 0) is 26.7 Å². The molecule has 0 spiro atoms. The number of ether oxygens (including phenoxy) is 1. The van der Waals surface area contributed by atoms with Crippen molar-refractivity contribution in [3.05, 3.63) is 24.8 Å². The molecule has 0 aliphatic heterocycles. The lowest BCUT2D eigenvalue weighted by Crippen LogP contribution is -2.25. The Morgan fingerprint density at radius 1 is 1.44 bits per heavy atom. The van der Waals surface area contributed by atoms with E-state index in [1.54, 1.807) is 13.0 Å². The van der Waals surface area contributed by atoms with Gasteiger partial charge < -0.3 is 4.74 Å². The summed E-state index contributed by atoms with van der Waals surface area (Å²) >= 11 is 0. The molecule has 0 N–H and O–H groups in total. The average molecular weight is 224 g/mol. The Kier molecular flexibility index (Phi) is 8.12. The van der Waals surface area contributed by atoms with Gasteiger partial charge in [0, 0.05) is 6.42 Å². The molecule has 0 aliphatic rings. The third-order valence-electron chi connectivity index (χ3n) is 2.16. The Labute approximate surface area is 97.2 Å². The maximum Gasteiger partial charge on any atom is 0.316 e. The Morgan fingerprint density at radius 3 is 2.62 bits per heavy atom. The fraction of sp³-hybridized carbons (Fsp3) is 0.538. The van der Waals surface area contributed by atoms with Crippen LogP contribution in [0.3, 0.4) is 0 Å². The maximum atomic E-state index is 11.7. The van der Waals surface area contributed by atoms with Crippen LogP contribution in [0.5, 0.6) is 0 Å². The smallest absolute Gasteiger partial charge is 0.316 e. The van der Waals surface area contributed by atoms with Crippen LogP contribution in [0.15, 0.2) is 24.8 Å². The van der Waals surface area contributed by atoms with Crippen molar-refractivity contribution in [2.45, 2.75) is 33.1 Å². The third-order valence-corrected chi connectivity index (χ3v) is 2.16. The monoisotopic (exact) mass is 224 g/mol. The van der Waals surface area contributed by atoms with Gasteiger partial charge in [-0.1, -0.05) is 18.2 Å². The second-order valence-corrected chi connectivity index (χ2v) is 3.40. The van der Waals surface area contributed by atoms with Crippen molar-refractivity contribution in [3.8, 4) is 0 Å². The normalized spacial score (nSPS) is 12.4. The molecule has 0 rings (SSSR count). The SMILES string of the molecule is C=CCC(C(=O)CC/C=C/C)C(=O)OCC. The summed E-state index contributed by atoms with van der Waals surface area (Å²) in [6.45, 7) is 7.48. The Bertz CT molecular complexity index is 266. The van der Waals surface area contributed by atoms with E-state index in [0.717, 1.165) is 0 Å². The first-order valence-electron chi connectivity index (χ1n) is 5.58. The van der Waals surface area contributed by atoms with Crippen LogP contribution >= 0.6 is 0 Å². The van der Waals surface area contributed by atoms with Crippen molar-refractivity contribution >= 4 is 11.8 Å². The summed E-state index contributed by atoms with van der Waals surface area (Å²) in [5.41, 5.74) is 0. The van der Waals surface area contributed by atoms with Gasteiger partial charge in [0.25, 0.3) is 0 Å². The van der Waals surface area contributed by atoms with Crippen LogP contribution in [0, 0.1) is 5.92 Å². The second-order valence-electron chi connectivity index (χ2n) is 3.40. The molecule has 1 unspecified atom stereocenters. The quantitative estimate of drug-likeness (QED) is 0.361. The van der Waals surface area contributed by atoms with Crippen LogP contribution in [0.25, 0.3) is 0 Å². The Morgan fingerprint density at radius 2 is 2.12 bits per heavy atom. The fourth-order valence-electron chi connectivity index (χ4n) is 1.34. The zero-order valence-corrected chi connectivity index (χ0v) is 10.1. The standard InChI is InChI=1S/C13H20O3/c1-4-7-8-10-12(14)11(9-5-2)13(15)16-6-3/h4-5,7,11H,2,6,8-10H2,1,3H3/b7-4+. The molecule has 0 aromatic carbocycles. The Balaban J connectivity index is 4.33. The molecule has 0 aliphatic carbocycles. The summed E-state index contributed by atoms with van der Waals surface area (Å²) < 4.78 is 4.86. The van der Waals surface area contributed by atoms with Gasteiger partial charge in [0.1, 0.15) is 11.7 Å². The molecule has 16 heavy (non-hydrogen) atoms. The molecule has 0 aromatic heterocycles. The van der Waals surface area contributed by atoms with Crippen LogP contribution in [0.1, 0.15) is 33.1 Å². The minimum absolute atomic E-state index is 0.0727. The summed E-state index contributed by atoms with van der Waals surface area (Å²) in [6.07, 6.45) is 6.78. The van der Waals surface area contributed by atoms with Gasteiger partial charge in [-0.3, -0.25) is 9.59 Å². The highest BCUT2D eigenvalue weighted by molar-refractivity contribution is 5.99. The first-order valence-corrected chi connectivity index (χ1v) is 5.58. The molecule has 1 atom stereocenters. The minimum Gasteiger partial charge on any atom is -0.465 e. The first kappa shape index (κ1) is 14.6. The number of hydrogen-bond acceptors (Lipinski definition) is 3. The third kappa shape index (κ3) is 5.49. The lowest BCUT2D eigenvalue weighted by molar-refractivity contribution is -0.151. The van der Waals surface area contributed by atoms with E-state index in [1.807, 2.05) is 19.1 Å². The van der Waals surface area contributed by atoms with Crippen LogP contribution in [0.4, 0.5) is 0 Å². The molecule has 3 heteroatoms. The summed E-state index contributed by atoms with van der Waals surface area (Å²) in [5, 5.41) is 0. The summed E-state index contributed by atoms with van der Waals surface area (Å²) in [5.74, 6) is -1.19. The van der Waals surface area contributed by atoms with Gasteiger partial charge in [-0.15, -0.1) is 6.58 Å². The highest BCUT2D eigenvalue weighted by Crippen LogP contribution is 2.12. The number of ketones is 1. The van der Waals surface area contributed by atoms with E-state index >= 15 is 0 Å². The summed E-state index contributed by atoms with van der Waals surface area (Å²) in [7, 11) is 0. The van der Waals surface area contributed by atoms with Crippen molar-refractivity contribution < 1.29 is 14.3 Å². The van der Waals surface area contributed by atoms with Crippen LogP contribution in [-0.4, -0.2) is 18.4 Å². The summed E-state index contributed by atoms with van der Waals surface area (Å²) in [6, 6.07) is 0. The number of rotatable bonds is 8. The topological polar surface area (TPSA) is 43.4 Å². The molecule has 0 amide bonds. The molecule has 0 radical (unpaired) electrons. The van der Waals surface area contributed by atoms with Crippen molar-refractivity contribution in [2.24, 2.45) is 5.92 Å². The van der Waals surface area contributed by atoms with Crippen molar-refractivity contribution in [1.29, 1.82) is 0 Å². The molecule has 0 fully saturated rings. The maximum absolute atomic E-state index is 11.7. The first-order chi connectivity index (χ1) is 7.67. The average Bonchev–Trinajstić information content (AvgIpc) is 2.26. The number of Topliss-reactive ketones (excluding diaryl/α,β-unsaturated/α-hetero) is 1. The minimum atomic E-state index is -0.678. The second kappa shape index (κ2) is 8.89. The largest absolute Gasteiger partial charge is 0.465 e. The molecular formula is C13H20O3. The number of esters is 1. The van der Waals surface area contributed by atoms with E-state index in [1.165, 1.54) is 0 Å². The molecule has 0 aromatic rings. The van der Waals surface area contributed by atoms with Gasteiger partial charge in [-0.2, -0.15) is 0 Å². The van der Waals surface area contributed by atoms with Crippen molar-refractivity contribution in [2.75, 3.05) is 6.61 Å². The highest BCUT2D eigenvalue weighted by atomic mass is 16.5.